The monoisotopic (exact) mass is 576 g/mol. The highest BCUT2D eigenvalue weighted by molar-refractivity contribution is 8.01. The predicted octanol–water partition coefficient (Wildman–Crippen LogP) is 3.04. The molecule has 16 heteroatoms. The van der Waals surface area contributed by atoms with Gasteiger partial charge in [-0.1, -0.05) is 34.7 Å². The Kier molecular flexibility index (Phi) is 7.00. The van der Waals surface area contributed by atoms with Crippen LogP contribution in [0.25, 0.3) is 0 Å². The van der Waals surface area contributed by atoms with Crippen molar-refractivity contribution in [1.29, 1.82) is 0 Å². The number of hydrogen-bond acceptors (Lipinski definition) is 9. The van der Waals surface area contributed by atoms with Crippen molar-refractivity contribution in [3.63, 3.8) is 0 Å². The van der Waals surface area contributed by atoms with E-state index < -0.39 is 41.3 Å². The molecule has 2 aliphatic heterocycles. The summed E-state index contributed by atoms with van der Waals surface area (Å²) in [6.45, 7) is 1.45. The molecule has 5 rings (SSSR count). The van der Waals surface area contributed by atoms with Gasteiger partial charge in [0.05, 0.1) is 10.7 Å². The van der Waals surface area contributed by atoms with Crippen molar-refractivity contribution in [3.05, 3.63) is 32.7 Å². The quantitative estimate of drug-likeness (QED) is 0.341. The maximum absolute atomic E-state index is 13.3. The van der Waals surface area contributed by atoms with Gasteiger partial charge in [-0.3, -0.25) is 19.2 Å². The van der Waals surface area contributed by atoms with Crippen LogP contribution in [0.15, 0.2) is 15.6 Å². The normalized spacial score (nSPS) is 21.6. The molecule has 0 radical (unpaired) electrons. The minimum atomic E-state index is -2.87. The molecule has 2 aromatic heterocycles. The number of fused-ring (bicyclic) bond motifs is 1. The van der Waals surface area contributed by atoms with Crippen LogP contribution in [-0.2, 0) is 20.9 Å². The zero-order chi connectivity index (χ0) is 25.7. The van der Waals surface area contributed by atoms with Crippen LogP contribution in [0, 0.1) is 6.92 Å². The van der Waals surface area contributed by atoms with Gasteiger partial charge in [0.2, 0.25) is 5.91 Å². The summed E-state index contributed by atoms with van der Waals surface area (Å²) < 4.78 is 28.4. The number of halogens is 3. The number of aliphatic carboxylic acids is 1. The largest absolute Gasteiger partial charge is 0.477 e. The molecule has 1 saturated carbocycles. The van der Waals surface area contributed by atoms with Gasteiger partial charge in [0.1, 0.15) is 34.4 Å². The zero-order valence-corrected chi connectivity index (χ0v) is 21.8. The Labute approximate surface area is 220 Å². The molecule has 2 N–H and O–H groups in total. The van der Waals surface area contributed by atoms with Gasteiger partial charge in [0.25, 0.3) is 12.3 Å². The van der Waals surface area contributed by atoms with E-state index in [9.17, 15) is 28.3 Å². The van der Waals surface area contributed by atoms with Crippen LogP contribution in [0.2, 0.25) is 5.02 Å². The number of alkyl halides is 2. The number of nitrogens with one attached hydrogen (secondary N) is 1. The summed E-state index contributed by atoms with van der Waals surface area (Å²) in [5, 5.41) is 24.3. The van der Waals surface area contributed by atoms with E-state index in [0.717, 1.165) is 17.8 Å². The van der Waals surface area contributed by atoms with E-state index in [1.54, 1.807) is 0 Å². The molecule has 10 nitrogen and oxygen atoms in total. The van der Waals surface area contributed by atoms with E-state index in [0.29, 0.717) is 27.1 Å². The third-order valence-electron chi connectivity index (χ3n) is 5.86. The Morgan fingerprint density at radius 3 is 2.69 bits per heavy atom. The lowest BCUT2D eigenvalue weighted by atomic mass is 10.0. The lowest BCUT2D eigenvalue weighted by molar-refractivity contribution is -0.150. The number of amides is 2. The SMILES string of the molecule is Cc1nnc(SCC2=C(C(=O)O)N3C(=O)[C@@H](NC(=O)Cn4nc(C(F)F)c(Cl)c4C4CC4)[C@H]3SC2)s1. The van der Waals surface area contributed by atoms with E-state index >= 15 is 0 Å². The number of thioether (sulfide) groups is 2. The molecular formula is C20H19ClF2N6O4S3. The second-order valence-electron chi connectivity index (χ2n) is 8.41. The Morgan fingerprint density at radius 1 is 1.33 bits per heavy atom. The Morgan fingerprint density at radius 2 is 2.08 bits per heavy atom. The van der Waals surface area contributed by atoms with E-state index in [2.05, 4.69) is 20.6 Å². The van der Waals surface area contributed by atoms with Crippen molar-refractivity contribution in [2.75, 3.05) is 11.5 Å². The van der Waals surface area contributed by atoms with E-state index in [1.165, 1.54) is 44.4 Å². The minimum absolute atomic E-state index is 0.0244. The number of aromatic nitrogens is 4. The number of carbonyl (C=O) groups excluding carboxylic acids is 2. The second-order valence-corrected chi connectivity index (χ2v) is 12.3. The van der Waals surface area contributed by atoms with Crippen LogP contribution in [0.5, 0.6) is 0 Å². The fourth-order valence-corrected chi connectivity index (χ4v) is 7.79. The molecule has 0 unspecified atom stereocenters. The van der Waals surface area contributed by atoms with Crippen LogP contribution >= 0.6 is 46.5 Å². The van der Waals surface area contributed by atoms with Crippen LogP contribution in [0.3, 0.4) is 0 Å². The number of carbonyl (C=O) groups is 3. The maximum Gasteiger partial charge on any atom is 0.352 e. The van der Waals surface area contributed by atoms with Crippen molar-refractivity contribution in [1.82, 2.24) is 30.2 Å². The van der Waals surface area contributed by atoms with Gasteiger partial charge in [0, 0.05) is 17.4 Å². The maximum atomic E-state index is 13.3. The molecule has 2 fully saturated rings. The lowest BCUT2D eigenvalue weighted by Gasteiger charge is -2.49. The molecule has 2 aromatic rings. The van der Waals surface area contributed by atoms with Crippen molar-refractivity contribution >= 4 is 64.2 Å². The van der Waals surface area contributed by atoms with Crippen molar-refractivity contribution in [2.24, 2.45) is 0 Å². The lowest BCUT2D eigenvalue weighted by Crippen LogP contribution is -2.70. The first-order chi connectivity index (χ1) is 17.2. The highest BCUT2D eigenvalue weighted by Gasteiger charge is 2.54. The molecule has 0 spiro atoms. The summed E-state index contributed by atoms with van der Waals surface area (Å²) >= 11 is 10.2. The molecule has 1 saturated heterocycles. The van der Waals surface area contributed by atoms with Gasteiger partial charge in [-0.15, -0.1) is 22.0 Å². The minimum Gasteiger partial charge on any atom is -0.477 e. The van der Waals surface area contributed by atoms with Gasteiger partial charge < -0.3 is 10.4 Å². The third kappa shape index (κ3) is 4.73. The van der Waals surface area contributed by atoms with Gasteiger partial charge >= 0.3 is 5.97 Å². The molecule has 2 atom stereocenters. The number of β-lactam (4-membered cyclic amide) rings is 1. The summed E-state index contributed by atoms with van der Waals surface area (Å²) in [4.78, 5) is 38.8. The molecule has 1 aliphatic carbocycles. The van der Waals surface area contributed by atoms with Crippen LogP contribution in [0.1, 0.15) is 41.6 Å². The molecule has 3 aliphatic rings. The van der Waals surface area contributed by atoms with Gasteiger partial charge in [-0.05, 0) is 25.3 Å². The van der Waals surface area contributed by atoms with Crippen molar-refractivity contribution < 1.29 is 28.3 Å². The van der Waals surface area contributed by atoms with E-state index in [-0.39, 0.29) is 23.2 Å². The molecule has 0 aromatic carbocycles. The second kappa shape index (κ2) is 9.91. The number of carboxylic acid groups (broad SMARTS) is 1. The van der Waals surface area contributed by atoms with Crippen molar-refractivity contribution in [3.8, 4) is 0 Å². The molecule has 0 bridgehead atoms. The molecule has 4 heterocycles. The average Bonchev–Trinajstić information content (AvgIpc) is 3.49. The fourth-order valence-electron chi connectivity index (χ4n) is 4.11. The average molecular weight is 577 g/mol. The van der Waals surface area contributed by atoms with Gasteiger partial charge in [-0.25, -0.2) is 13.6 Å². The smallest absolute Gasteiger partial charge is 0.352 e. The molecule has 192 valence electrons. The standard InChI is InChI=1S/C20H19ClF2N6O4S3/c1-7-25-26-20(36-7)35-6-9-5-34-18-13(17(31)29(18)15(9)19(32)33)24-10(30)4-28-14(8-2-3-8)11(21)12(27-28)16(22)23/h8,13,16,18H,2-6H2,1H3,(H,24,30)(H,32,33)/t13-,18-/m1/s1. The van der Waals surface area contributed by atoms with Crippen LogP contribution in [-0.4, -0.2) is 70.7 Å². The Balaban J connectivity index is 1.27. The summed E-state index contributed by atoms with van der Waals surface area (Å²) in [7, 11) is 0. The molecule has 36 heavy (non-hydrogen) atoms. The fraction of sp³-hybridized carbons (Fsp3) is 0.500. The number of aryl methyl sites for hydroxylation is 1. The Hall–Kier alpha value is -2.23. The summed E-state index contributed by atoms with van der Waals surface area (Å²) in [6.07, 6.45) is -1.33. The first-order valence-corrected chi connectivity index (χ1v) is 14.0. The molecule has 2 amide bonds. The zero-order valence-electron chi connectivity index (χ0n) is 18.6. The highest BCUT2D eigenvalue weighted by atomic mass is 35.5. The van der Waals surface area contributed by atoms with Crippen LogP contribution < -0.4 is 5.32 Å². The van der Waals surface area contributed by atoms with Crippen LogP contribution in [0.4, 0.5) is 8.78 Å². The van der Waals surface area contributed by atoms with E-state index in [4.69, 9.17) is 11.6 Å². The number of nitrogens with zero attached hydrogens (tertiary/aromatic N) is 5. The van der Waals surface area contributed by atoms with Gasteiger partial charge in [-0.2, -0.15) is 5.10 Å². The topological polar surface area (TPSA) is 130 Å². The number of carboxylic acids is 1. The predicted molar refractivity (Wildman–Crippen MR) is 129 cm³/mol. The summed E-state index contributed by atoms with van der Waals surface area (Å²) in [6, 6.07) is -0.929. The van der Waals surface area contributed by atoms with Gasteiger partial charge in [0.15, 0.2) is 4.34 Å². The third-order valence-corrected chi connectivity index (χ3v) is 9.65. The van der Waals surface area contributed by atoms with E-state index in [1.807, 2.05) is 6.92 Å². The first kappa shape index (κ1) is 25.4. The number of rotatable bonds is 9. The Bertz CT molecular complexity index is 1280. The summed E-state index contributed by atoms with van der Waals surface area (Å²) in [5.41, 5.74) is 0.337. The first-order valence-electron chi connectivity index (χ1n) is 10.8. The molecular weight excluding hydrogens is 558 g/mol. The van der Waals surface area contributed by atoms with Crippen molar-refractivity contribution in [2.45, 2.75) is 54.4 Å². The number of hydrogen-bond donors (Lipinski definition) is 2. The highest BCUT2D eigenvalue weighted by Crippen LogP contribution is 2.46. The summed E-state index contributed by atoms with van der Waals surface area (Å²) in [5.74, 6) is -1.67.